The molecule has 23 heavy (non-hydrogen) atoms. The first-order valence-corrected chi connectivity index (χ1v) is 7.71. The zero-order valence-electron chi connectivity index (χ0n) is 15.0. The van der Waals surface area contributed by atoms with Crippen molar-refractivity contribution >= 4 is 17.9 Å². The molecule has 0 bridgehead atoms. The van der Waals surface area contributed by atoms with Crippen LogP contribution in [0.2, 0.25) is 0 Å². The molecule has 1 aliphatic rings. The predicted molar refractivity (Wildman–Crippen MR) is 87.7 cm³/mol. The summed E-state index contributed by atoms with van der Waals surface area (Å²) >= 11 is 0. The number of nitrogens with two attached hydrogens (primary N) is 1. The minimum Gasteiger partial charge on any atom is -0.444 e. The zero-order chi connectivity index (χ0) is 18.6. The summed E-state index contributed by atoms with van der Waals surface area (Å²) in [7, 11) is 1.00. The van der Waals surface area contributed by atoms with Gasteiger partial charge in [0.25, 0.3) is 0 Å². The molecule has 0 saturated carbocycles. The first-order chi connectivity index (χ1) is 10.7. The minimum absolute atomic E-state index is 0.196. The number of amides is 3. The van der Waals surface area contributed by atoms with Crippen LogP contribution >= 0.6 is 0 Å². The van der Waals surface area contributed by atoms with Gasteiger partial charge in [-0.25, -0.2) is 4.79 Å². The topological polar surface area (TPSA) is 122 Å². The number of primary amides is 1. The first-order valence-electron chi connectivity index (χ1n) is 7.71. The molecule has 0 aromatic rings. The highest BCUT2D eigenvalue weighted by Gasteiger charge is 2.32. The van der Waals surface area contributed by atoms with Crippen LogP contribution in [-0.2, 0) is 14.3 Å². The third kappa shape index (κ3) is 9.72. The van der Waals surface area contributed by atoms with Crippen LogP contribution in [-0.4, -0.2) is 59.8 Å². The van der Waals surface area contributed by atoms with E-state index in [9.17, 15) is 14.4 Å². The van der Waals surface area contributed by atoms with Crippen LogP contribution in [0.15, 0.2) is 0 Å². The number of nitrogens with zero attached hydrogens (tertiary/aromatic N) is 1. The molecule has 3 amide bonds. The Morgan fingerprint density at radius 3 is 2.22 bits per heavy atom. The maximum atomic E-state index is 11.9. The van der Waals surface area contributed by atoms with E-state index in [-0.39, 0.29) is 12.5 Å². The highest BCUT2D eigenvalue weighted by Crippen LogP contribution is 2.16. The molecule has 1 aliphatic heterocycles. The molecule has 4 N–H and O–H groups in total. The summed E-state index contributed by atoms with van der Waals surface area (Å²) in [4.78, 5) is 35.8. The van der Waals surface area contributed by atoms with Gasteiger partial charge in [-0.05, 0) is 33.6 Å². The molecule has 0 aliphatic carbocycles. The average Bonchev–Trinajstić information content (AvgIpc) is 2.97. The van der Waals surface area contributed by atoms with E-state index in [0.717, 1.165) is 13.5 Å². The zero-order valence-corrected chi connectivity index (χ0v) is 15.0. The molecule has 1 atom stereocenters. The van der Waals surface area contributed by atoms with Gasteiger partial charge in [0.15, 0.2) is 0 Å². The maximum absolute atomic E-state index is 11.9. The molecule has 1 saturated heterocycles. The lowest BCUT2D eigenvalue weighted by molar-refractivity contribution is -0.136. The smallest absolute Gasteiger partial charge is 0.408 e. The van der Waals surface area contributed by atoms with Gasteiger partial charge in [-0.2, -0.15) is 0 Å². The van der Waals surface area contributed by atoms with E-state index in [0.29, 0.717) is 13.0 Å². The lowest BCUT2D eigenvalue weighted by Gasteiger charge is -2.23. The van der Waals surface area contributed by atoms with Gasteiger partial charge in [-0.15, -0.1) is 0 Å². The number of ether oxygens (including phenoxy) is 1. The van der Waals surface area contributed by atoms with Gasteiger partial charge in [0, 0.05) is 13.7 Å². The number of hydrogen-bond donors (Lipinski definition) is 3. The van der Waals surface area contributed by atoms with E-state index in [1.807, 2.05) is 13.8 Å². The van der Waals surface area contributed by atoms with Gasteiger partial charge < -0.3 is 25.8 Å². The van der Waals surface area contributed by atoms with Crippen LogP contribution in [0.3, 0.4) is 0 Å². The number of nitrogens with one attached hydrogen (secondary N) is 1. The van der Waals surface area contributed by atoms with Crippen molar-refractivity contribution in [3.63, 3.8) is 0 Å². The lowest BCUT2D eigenvalue weighted by Crippen LogP contribution is -2.48. The van der Waals surface area contributed by atoms with Crippen LogP contribution in [0, 0.1) is 0 Å². The quantitative estimate of drug-likeness (QED) is 0.699. The van der Waals surface area contributed by atoms with Crippen LogP contribution in [0.1, 0.15) is 47.5 Å². The number of rotatable bonds is 3. The fourth-order valence-corrected chi connectivity index (χ4v) is 1.92. The standard InChI is InChI=1S/C12H21N3O4.C2H6.CH4O/c1-12(2,3)19-11(18)14-7-9(16)15-6-4-5-8(15)10(13)17;2*1-2/h8H,4-7H2,1-3H3,(H2,13,17)(H,14,18);1-2H3;2H,1H3/t8-;;/m0../s1. The fourth-order valence-electron chi connectivity index (χ4n) is 1.92. The van der Waals surface area contributed by atoms with Crippen molar-refractivity contribution in [2.45, 2.75) is 59.1 Å². The molecule has 0 aromatic heterocycles. The Morgan fingerprint density at radius 2 is 1.78 bits per heavy atom. The summed E-state index contributed by atoms with van der Waals surface area (Å²) in [5, 5.41) is 9.37. The third-order valence-electron chi connectivity index (χ3n) is 2.68. The van der Waals surface area contributed by atoms with E-state index in [4.69, 9.17) is 15.6 Å². The molecule has 1 rings (SSSR count). The molecule has 0 aromatic carbocycles. The van der Waals surface area contributed by atoms with Crippen LogP contribution in [0.25, 0.3) is 0 Å². The number of aliphatic hydroxyl groups excluding tert-OH is 1. The highest BCUT2D eigenvalue weighted by atomic mass is 16.6. The molecule has 0 unspecified atom stereocenters. The largest absolute Gasteiger partial charge is 0.444 e. The number of alkyl carbamates (subject to hydrolysis) is 1. The van der Waals surface area contributed by atoms with Gasteiger partial charge >= 0.3 is 6.09 Å². The Labute approximate surface area is 138 Å². The van der Waals surface area contributed by atoms with Crippen molar-refractivity contribution in [1.29, 1.82) is 0 Å². The second-order valence-corrected chi connectivity index (χ2v) is 5.50. The van der Waals surface area contributed by atoms with E-state index in [1.165, 1.54) is 4.90 Å². The van der Waals surface area contributed by atoms with Crippen molar-refractivity contribution in [3.8, 4) is 0 Å². The fraction of sp³-hybridized carbons (Fsp3) is 0.800. The van der Waals surface area contributed by atoms with E-state index in [1.54, 1.807) is 20.8 Å². The van der Waals surface area contributed by atoms with Crippen LogP contribution in [0.4, 0.5) is 4.79 Å². The van der Waals surface area contributed by atoms with Gasteiger partial charge in [0.1, 0.15) is 18.2 Å². The van der Waals surface area contributed by atoms with E-state index < -0.39 is 23.6 Å². The van der Waals surface area contributed by atoms with Crippen molar-refractivity contribution < 1.29 is 24.2 Å². The number of carbonyl (C=O) groups excluding carboxylic acids is 3. The van der Waals surface area contributed by atoms with E-state index >= 15 is 0 Å². The molecule has 8 heteroatoms. The number of hydrogen-bond acceptors (Lipinski definition) is 5. The van der Waals surface area contributed by atoms with Crippen molar-refractivity contribution in [2.24, 2.45) is 5.73 Å². The SMILES string of the molecule is CC.CC(C)(C)OC(=O)NCC(=O)N1CCC[C@H]1C(N)=O.CO. The Bertz CT molecular complexity index is 380. The Morgan fingerprint density at radius 1 is 1.26 bits per heavy atom. The van der Waals surface area contributed by atoms with Gasteiger partial charge in [0.05, 0.1) is 0 Å². The Hall–Kier alpha value is -1.83. The summed E-state index contributed by atoms with van der Waals surface area (Å²) in [6.07, 6.45) is 0.662. The molecule has 1 heterocycles. The molecular formula is C15H31N3O5. The molecule has 1 fully saturated rings. The van der Waals surface area contributed by atoms with Crippen molar-refractivity contribution in [1.82, 2.24) is 10.2 Å². The monoisotopic (exact) mass is 333 g/mol. The number of carbonyl (C=O) groups is 3. The Kier molecular flexibility index (Phi) is 11.9. The molecule has 8 nitrogen and oxygen atoms in total. The maximum Gasteiger partial charge on any atom is 0.408 e. The van der Waals surface area contributed by atoms with E-state index in [2.05, 4.69) is 5.32 Å². The highest BCUT2D eigenvalue weighted by molar-refractivity contribution is 5.89. The Balaban J connectivity index is 0. The summed E-state index contributed by atoms with van der Waals surface area (Å²) < 4.78 is 5.01. The van der Waals surface area contributed by atoms with Crippen LogP contribution in [0.5, 0.6) is 0 Å². The summed E-state index contributed by atoms with van der Waals surface area (Å²) in [5.74, 6) is -0.838. The second-order valence-electron chi connectivity index (χ2n) is 5.50. The number of aliphatic hydroxyl groups is 1. The summed E-state index contributed by atoms with van der Waals surface area (Å²) in [6, 6.07) is -0.562. The van der Waals surface area contributed by atoms with Gasteiger partial charge in [0.2, 0.25) is 11.8 Å². The molecule has 136 valence electrons. The third-order valence-corrected chi connectivity index (χ3v) is 2.68. The van der Waals surface area contributed by atoms with Crippen LogP contribution < -0.4 is 11.1 Å². The molecule has 0 spiro atoms. The average molecular weight is 333 g/mol. The normalized spacial score (nSPS) is 16.3. The predicted octanol–water partition coefficient (Wildman–Crippen LogP) is 0.622. The number of likely N-dealkylation sites (tertiary alicyclic amines) is 1. The van der Waals surface area contributed by atoms with Gasteiger partial charge in [-0.3, -0.25) is 9.59 Å². The van der Waals surface area contributed by atoms with Gasteiger partial charge in [-0.1, -0.05) is 13.8 Å². The first kappa shape index (κ1) is 23.4. The molecular weight excluding hydrogens is 302 g/mol. The summed E-state index contributed by atoms with van der Waals surface area (Å²) in [5.41, 5.74) is 4.61. The lowest BCUT2D eigenvalue weighted by atomic mass is 10.2. The summed E-state index contributed by atoms with van der Waals surface area (Å²) in [6.45, 7) is 9.50. The van der Waals surface area contributed by atoms with Crippen molar-refractivity contribution in [2.75, 3.05) is 20.2 Å². The second kappa shape index (κ2) is 11.7. The molecule has 0 radical (unpaired) electrons. The minimum atomic E-state index is -0.657. The van der Waals surface area contributed by atoms with Crippen molar-refractivity contribution in [3.05, 3.63) is 0 Å².